The fourth-order valence-corrected chi connectivity index (χ4v) is 1.36. The number of benzene rings is 1. The van der Waals surface area contributed by atoms with Crippen LogP contribution in [0.4, 0.5) is 5.69 Å². The molecule has 0 unspecified atom stereocenters. The SMILES string of the molecule is CNc1ccc(OCC(=O)NCCCOC)cc1. The van der Waals surface area contributed by atoms with Crippen LogP contribution < -0.4 is 15.4 Å². The van der Waals surface area contributed by atoms with Crippen LogP contribution in [0.1, 0.15) is 6.42 Å². The summed E-state index contributed by atoms with van der Waals surface area (Å²) in [6.45, 7) is 1.28. The van der Waals surface area contributed by atoms with Crippen molar-refractivity contribution in [1.29, 1.82) is 0 Å². The average molecular weight is 252 g/mol. The van der Waals surface area contributed by atoms with Gasteiger partial charge in [0.15, 0.2) is 6.61 Å². The Morgan fingerprint density at radius 3 is 2.61 bits per heavy atom. The highest BCUT2D eigenvalue weighted by molar-refractivity contribution is 5.77. The van der Waals surface area contributed by atoms with Crippen LogP contribution in [0.5, 0.6) is 5.75 Å². The van der Waals surface area contributed by atoms with Gasteiger partial charge >= 0.3 is 0 Å². The van der Waals surface area contributed by atoms with Crippen LogP contribution in [-0.4, -0.2) is 39.8 Å². The molecule has 0 saturated heterocycles. The Morgan fingerprint density at radius 1 is 1.28 bits per heavy atom. The largest absolute Gasteiger partial charge is 0.484 e. The summed E-state index contributed by atoms with van der Waals surface area (Å²) in [5, 5.41) is 5.77. The van der Waals surface area contributed by atoms with Gasteiger partial charge in [0, 0.05) is 33.0 Å². The third-order valence-corrected chi connectivity index (χ3v) is 2.36. The molecule has 0 heterocycles. The molecule has 0 atom stereocenters. The molecular formula is C13H20N2O3. The molecule has 1 aromatic carbocycles. The number of hydrogen-bond acceptors (Lipinski definition) is 4. The van der Waals surface area contributed by atoms with E-state index >= 15 is 0 Å². The number of methoxy groups -OCH3 is 1. The van der Waals surface area contributed by atoms with E-state index in [9.17, 15) is 4.79 Å². The van der Waals surface area contributed by atoms with Crippen molar-refractivity contribution in [3.05, 3.63) is 24.3 Å². The molecule has 0 aliphatic carbocycles. The highest BCUT2D eigenvalue weighted by atomic mass is 16.5. The van der Waals surface area contributed by atoms with E-state index in [0.29, 0.717) is 18.9 Å². The molecule has 0 saturated carbocycles. The van der Waals surface area contributed by atoms with E-state index in [4.69, 9.17) is 9.47 Å². The monoisotopic (exact) mass is 252 g/mol. The summed E-state index contributed by atoms with van der Waals surface area (Å²) in [6, 6.07) is 7.44. The number of hydrogen-bond donors (Lipinski definition) is 2. The zero-order valence-corrected chi connectivity index (χ0v) is 10.9. The van der Waals surface area contributed by atoms with E-state index in [2.05, 4.69) is 10.6 Å². The van der Waals surface area contributed by atoms with Crippen LogP contribution in [0, 0.1) is 0 Å². The summed E-state index contributed by atoms with van der Waals surface area (Å²) in [7, 11) is 3.49. The number of anilines is 1. The number of ether oxygens (including phenoxy) is 2. The quantitative estimate of drug-likeness (QED) is 0.684. The van der Waals surface area contributed by atoms with Gasteiger partial charge in [0.05, 0.1) is 0 Å². The maximum atomic E-state index is 11.4. The third kappa shape index (κ3) is 5.54. The molecule has 0 bridgehead atoms. The molecule has 5 heteroatoms. The van der Waals surface area contributed by atoms with Crippen molar-refractivity contribution in [3.8, 4) is 5.75 Å². The number of carbonyl (C=O) groups is 1. The topological polar surface area (TPSA) is 59.6 Å². The van der Waals surface area contributed by atoms with Gasteiger partial charge in [-0.15, -0.1) is 0 Å². The van der Waals surface area contributed by atoms with Crippen molar-refractivity contribution in [2.24, 2.45) is 0 Å². The molecule has 0 aliphatic rings. The van der Waals surface area contributed by atoms with Crippen LogP contribution in [0.15, 0.2) is 24.3 Å². The highest BCUT2D eigenvalue weighted by Crippen LogP contribution is 2.14. The molecule has 1 aromatic rings. The van der Waals surface area contributed by atoms with Crippen molar-refractivity contribution in [1.82, 2.24) is 5.32 Å². The first kappa shape index (κ1) is 14.3. The zero-order chi connectivity index (χ0) is 13.2. The number of amides is 1. The van der Waals surface area contributed by atoms with Gasteiger partial charge in [0.25, 0.3) is 5.91 Å². The molecule has 2 N–H and O–H groups in total. The molecule has 0 fully saturated rings. The minimum absolute atomic E-state index is 0.0336. The van der Waals surface area contributed by atoms with Gasteiger partial charge < -0.3 is 20.1 Å². The molecule has 0 radical (unpaired) electrons. The fraction of sp³-hybridized carbons (Fsp3) is 0.462. The van der Waals surface area contributed by atoms with Gasteiger partial charge in [-0.05, 0) is 30.7 Å². The molecule has 0 aliphatic heterocycles. The molecule has 5 nitrogen and oxygen atoms in total. The predicted octanol–water partition coefficient (Wildman–Crippen LogP) is 1.26. The summed E-state index contributed by atoms with van der Waals surface area (Å²) in [6.07, 6.45) is 0.805. The average Bonchev–Trinajstić information content (AvgIpc) is 2.42. The zero-order valence-electron chi connectivity index (χ0n) is 10.9. The third-order valence-electron chi connectivity index (χ3n) is 2.36. The second kappa shape index (κ2) is 8.36. The molecule has 1 rings (SSSR count). The van der Waals surface area contributed by atoms with Crippen molar-refractivity contribution in [2.75, 3.05) is 39.2 Å². The van der Waals surface area contributed by atoms with Crippen LogP contribution in [-0.2, 0) is 9.53 Å². The lowest BCUT2D eigenvalue weighted by Gasteiger charge is -2.08. The van der Waals surface area contributed by atoms with E-state index in [1.165, 1.54) is 0 Å². The standard InChI is InChI=1S/C13H20N2O3/c1-14-11-4-6-12(7-5-11)18-10-13(16)15-8-3-9-17-2/h4-7,14H,3,8-10H2,1-2H3,(H,15,16). The van der Waals surface area contributed by atoms with Gasteiger partial charge in [-0.3, -0.25) is 4.79 Å². The first-order valence-corrected chi connectivity index (χ1v) is 5.92. The molecule has 18 heavy (non-hydrogen) atoms. The fourth-order valence-electron chi connectivity index (χ4n) is 1.36. The van der Waals surface area contributed by atoms with Crippen LogP contribution >= 0.6 is 0 Å². The Hall–Kier alpha value is -1.75. The van der Waals surface area contributed by atoms with Gasteiger partial charge in [-0.25, -0.2) is 0 Å². The molecule has 0 spiro atoms. The Bertz CT molecular complexity index is 352. The normalized spacial score (nSPS) is 9.89. The smallest absolute Gasteiger partial charge is 0.257 e. The van der Waals surface area contributed by atoms with Gasteiger partial charge in [0.1, 0.15) is 5.75 Å². The molecule has 100 valence electrons. The van der Waals surface area contributed by atoms with Crippen molar-refractivity contribution >= 4 is 11.6 Å². The molecule has 0 aromatic heterocycles. The van der Waals surface area contributed by atoms with Crippen molar-refractivity contribution < 1.29 is 14.3 Å². The lowest BCUT2D eigenvalue weighted by molar-refractivity contribution is -0.123. The van der Waals surface area contributed by atoms with E-state index < -0.39 is 0 Å². The lowest BCUT2D eigenvalue weighted by Crippen LogP contribution is -2.30. The van der Waals surface area contributed by atoms with Crippen LogP contribution in [0.25, 0.3) is 0 Å². The Balaban J connectivity index is 2.20. The predicted molar refractivity (Wildman–Crippen MR) is 71.0 cm³/mol. The summed E-state index contributed by atoms with van der Waals surface area (Å²) < 4.78 is 10.2. The van der Waals surface area contributed by atoms with Gasteiger partial charge in [-0.2, -0.15) is 0 Å². The Kier molecular flexibility index (Phi) is 6.64. The molecular weight excluding hydrogens is 232 g/mol. The number of rotatable bonds is 8. The Labute approximate surface area is 107 Å². The lowest BCUT2D eigenvalue weighted by atomic mass is 10.3. The first-order chi connectivity index (χ1) is 8.76. The summed E-state index contributed by atoms with van der Waals surface area (Å²) in [5.74, 6) is 0.560. The van der Waals surface area contributed by atoms with E-state index in [1.54, 1.807) is 7.11 Å². The van der Waals surface area contributed by atoms with Crippen molar-refractivity contribution in [3.63, 3.8) is 0 Å². The van der Waals surface area contributed by atoms with Crippen LogP contribution in [0.3, 0.4) is 0 Å². The van der Waals surface area contributed by atoms with E-state index in [-0.39, 0.29) is 12.5 Å². The summed E-state index contributed by atoms with van der Waals surface area (Å²) in [4.78, 5) is 11.4. The highest BCUT2D eigenvalue weighted by Gasteiger charge is 2.01. The summed E-state index contributed by atoms with van der Waals surface area (Å²) in [5.41, 5.74) is 1.01. The maximum absolute atomic E-state index is 11.4. The van der Waals surface area contributed by atoms with Crippen molar-refractivity contribution in [2.45, 2.75) is 6.42 Å². The Morgan fingerprint density at radius 2 is 2.00 bits per heavy atom. The second-order valence-corrected chi connectivity index (χ2v) is 3.76. The number of nitrogens with one attached hydrogen (secondary N) is 2. The van der Waals surface area contributed by atoms with E-state index in [0.717, 1.165) is 12.1 Å². The first-order valence-electron chi connectivity index (χ1n) is 5.92. The van der Waals surface area contributed by atoms with Crippen LogP contribution in [0.2, 0.25) is 0 Å². The summed E-state index contributed by atoms with van der Waals surface area (Å²) >= 11 is 0. The van der Waals surface area contributed by atoms with E-state index in [1.807, 2.05) is 31.3 Å². The minimum atomic E-state index is -0.121. The van der Waals surface area contributed by atoms with Gasteiger partial charge in [-0.1, -0.05) is 0 Å². The molecule has 1 amide bonds. The minimum Gasteiger partial charge on any atom is -0.484 e. The second-order valence-electron chi connectivity index (χ2n) is 3.76. The number of carbonyl (C=O) groups excluding carboxylic acids is 1. The van der Waals surface area contributed by atoms with Gasteiger partial charge in [0.2, 0.25) is 0 Å². The maximum Gasteiger partial charge on any atom is 0.257 e.